The standard InChI is InChI=1S/C34H45F4NO3.C29H49N/c1-19(8-6-14-33(3,4)42)25-12-13-26-21(9-7-15-34(25,26)5)10-11-22-16-23(40)17-28(20(22)2)39-32(41)24-18-27(35)30(37)31(38)29(24)36;1-20-18-24(22(3)27(30)19-20)13-12-23-11-9-17-29(7)25(14-15-26(23)29)21(2)10-8-16-28(4,5)6/h10-11,18-19,23,25-26,28,40,42H,2,6-9,12-17H2,1,3-5H3,(H,39,41);12-13,20-21,25-27H,3,8-11,14-19,30H2,1-2,4-7H3/b21-10+,22-11-;23-12+,24-13-/t19-,23-,25-,26+,28+,34-;20-,21-,25-,26+,27+,29-/m11/s1. The lowest BCUT2D eigenvalue weighted by Crippen LogP contribution is -2.42. The number of allylic oxidation sites excluding steroid dienone is 6. The minimum atomic E-state index is -2.05. The number of benzene rings is 1. The summed E-state index contributed by atoms with van der Waals surface area (Å²) in [6, 6.07) is -0.298. The predicted molar refractivity (Wildman–Crippen MR) is 288 cm³/mol. The van der Waals surface area contributed by atoms with Crippen molar-refractivity contribution in [2.45, 2.75) is 221 Å². The van der Waals surface area contributed by atoms with Crippen molar-refractivity contribution in [1.29, 1.82) is 0 Å². The minimum Gasteiger partial charge on any atom is -0.393 e. The third-order valence-corrected chi connectivity index (χ3v) is 19.0. The second-order valence-electron chi connectivity index (χ2n) is 26.3. The zero-order chi connectivity index (χ0) is 53.1. The van der Waals surface area contributed by atoms with Crippen LogP contribution in [-0.2, 0) is 0 Å². The SMILES string of the molecule is C=C1/C(=C\C=C2/CCC[C@]3(C)[C@@H]([C@H](C)CCCC(C)(C)C)CC[C@@H]23)C[C@@H](C)C[C@@H]1N.C=C1/C(=C\C=C2/CCC[C@]3(C)[C@@H]([C@H](C)CCCC(C)(C)O)CC[C@@H]23)C[C@@H](O)C[C@@H]1NC(=O)c1cc(F)c(F)c(F)c1F. The van der Waals surface area contributed by atoms with Gasteiger partial charge in [-0.1, -0.05) is 130 Å². The number of hydrogen-bond acceptors (Lipinski definition) is 4. The zero-order valence-corrected chi connectivity index (χ0v) is 46.1. The van der Waals surface area contributed by atoms with Crippen molar-refractivity contribution in [1.82, 2.24) is 5.32 Å². The van der Waals surface area contributed by atoms with Gasteiger partial charge in [-0.25, -0.2) is 17.6 Å². The number of halogens is 4. The van der Waals surface area contributed by atoms with Crippen LogP contribution in [0.5, 0.6) is 0 Å². The van der Waals surface area contributed by atoms with Crippen molar-refractivity contribution in [3.8, 4) is 0 Å². The van der Waals surface area contributed by atoms with E-state index >= 15 is 0 Å². The number of rotatable bonds is 13. The van der Waals surface area contributed by atoms with Gasteiger partial charge in [0.15, 0.2) is 23.3 Å². The first-order valence-electron chi connectivity index (χ1n) is 28.1. The highest BCUT2D eigenvalue weighted by atomic mass is 19.2. The Balaban J connectivity index is 0.000000249. The van der Waals surface area contributed by atoms with Gasteiger partial charge in [0.1, 0.15) is 0 Å². The quantitative estimate of drug-likeness (QED) is 0.0899. The summed E-state index contributed by atoms with van der Waals surface area (Å²) >= 11 is 0. The zero-order valence-electron chi connectivity index (χ0n) is 46.1. The lowest BCUT2D eigenvalue weighted by molar-refractivity contribution is 0.0596. The number of carbonyl (C=O) groups is 1. The first kappa shape index (κ1) is 58.0. The summed E-state index contributed by atoms with van der Waals surface area (Å²) in [6.07, 6.45) is 30.5. The topological polar surface area (TPSA) is 95.6 Å². The van der Waals surface area contributed by atoms with Crippen LogP contribution in [0.4, 0.5) is 17.6 Å². The first-order chi connectivity index (χ1) is 33.6. The van der Waals surface area contributed by atoms with Crippen LogP contribution in [-0.4, -0.2) is 39.9 Å². The van der Waals surface area contributed by atoms with Crippen LogP contribution in [0.15, 0.2) is 77.0 Å². The maximum Gasteiger partial charge on any atom is 0.254 e. The van der Waals surface area contributed by atoms with E-state index in [1.165, 1.54) is 80.9 Å². The fourth-order valence-corrected chi connectivity index (χ4v) is 15.0. The molecule has 5 N–H and O–H groups in total. The molecule has 0 aliphatic heterocycles. The molecule has 12 atom stereocenters. The van der Waals surface area contributed by atoms with Gasteiger partial charge in [-0.05, 0) is 203 Å². The number of nitrogens with one attached hydrogen (secondary N) is 1. The Morgan fingerprint density at radius 2 is 1.29 bits per heavy atom. The molecule has 72 heavy (non-hydrogen) atoms. The van der Waals surface area contributed by atoms with Gasteiger partial charge in [0.05, 0.1) is 23.3 Å². The van der Waals surface area contributed by atoms with E-state index in [2.05, 4.69) is 92.1 Å². The maximum absolute atomic E-state index is 14.2. The number of nitrogens with two attached hydrogens (primary N) is 1. The third kappa shape index (κ3) is 13.8. The summed E-state index contributed by atoms with van der Waals surface area (Å²) in [5.41, 5.74) is 12.9. The summed E-state index contributed by atoms with van der Waals surface area (Å²) < 4.78 is 54.9. The molecule has 0 unspecified atom stereocenters. The van der Waals surface area contributed by atoms with Gasteiger partial charge in [-0.15, -0.1) is 0 Å². The largest absolute Gasteiger partial charge is 0.393 e. The van der Waals surface area contributed by atoms with E-state index in [1.54, 1.807) is 5.57 Å². The van der Waals surface area contributed by atoms with E-state index in [9.17, 15) is 32.6 Å². The molecular weight excluding hydrogens is 909 g/mol. The van der Waals surface area contributed by atoms with Crippen molar-refractivity contribution < 1.29 is 32.6 Å². The molecule has 0 saturated heterocycles. The van der Waals surface area contributed by atoms with Crippen molar-refractivity contribution >= 4 is 5.91 Å². The fourth-order valence-electron chi connectivity index (χ4n) is 15.0. The molecule has 6 aliphatic carbocycles. The molecule has 7 rings (SSSR count). The molecule has 0 radical (unpaired) electrons. The van der Waals surface area contributed by atoms with Crippen LogP contribution in [0.25, 0.3) is 0 Å². The summed E-state index contributed by atoms with van der Waals surface area (Å²) in [4.78, 5) is 12.7. The molecular formula is C63H94F4N2O3. The predicted octanol–water partition coefficient (Wildman–Crippen LogP) is 15.9. The average Bonchev–Trinajstić information content (AvgIpc) is 3.84. The number of aliphatic hydroxyl groups excluding tert-OH is 1. The van der Waals surface area contributed by atoms with E-state index in [1.807, 2.05) is 19.9 Å². The lowest BCUT2D eigenvalue weighted by atomic mass is 9.60. The van der Waals surface area contributed by atoms with Crippen LogP contribution in [0.3, 0.4) is 0 Å². The van der Waals surface area contributed by atoms with E-state index in [0.717, 1.165) is 74.7 Å². The van der Waals surface area contributed by atoms with E-state index in [4.69, 9.17) is 5.73 Å². The Labute approximate surface area is 432 Å². The normalized spacial score (nSPS) is 34.2. The molecule has 0 aromatic heterocycles. The Kier molecular flexibility index (Phi) is 19.1. The molecule has 0 heterocycles. The summed E-state index contributed by atoms with van der Waals surface area (Å²) in [5, 5.41) is 23.2. The van der Waals surface area contributed by atoms with Crippen LogP contribution in [0.2, 0.25) is 0 Å². The molecule has 9 heteroatoms. The number of carbonyl (C=O) groups excluding carboxylic acids is 1. The molecule has 0 bridgehead atoms. The third-order valence-electron chi connectivity index (χ3n) is 19.0. The molecule has 1 amide bonds. The van der Waals surface area contributed by atoms with Crippen LogP contribution >= 0.6 is 0 Å². The number of hydrogen-bond donors (Lipinski definition) is 4. The van der Waals surface area contributed by atoms with Crippen molar-refractivity contribution in [3.05, 3.63) is 106 Å². The highest BCUT2D eigenvalue weighted by Gasteiger charge is 2.52. The number of amides is 1. The minimum absolute atomic E-state index is 0.111. The smallest absolute Gasteiger partial charge is 0.254 e. The van der Waals surface area contributed by atoms with Crippen molar-refractivity contribution in [3.63, 3.8) is 0 Å². The second kappa shape index (κ2) is 23.7. The summed E-state index contributed by atoms with van der Waals surface area (Å²) in [6.45, 7) is 31.6. The summed E-state index contributed by atoms with van der Waals surface area (Å²) in [7, 11) is 0. The Morgan fingerprint density at radius 1 is 0.778 bits per heavy atom. The Bertz CT molecular complexity index is 2250. The Hall–Kier alpha value is -3.27. The van der Waals surface area contributed by atoms with Gasteiger partial charge in [-0.3, -0.25) is 4.79 Å². The van der Waals surface area contributed by atoms with E-state index in [0.29, 0.717) is 52.6 Å². The van der Waals surface area contributed by atoms with Crippen molar-refractivity contribution in [2.75, 3.05) is 0 Å². The van der Waals surface area contributed by atoms with Crippen LogP contribution < -0.4 is 11.1 Å². The van der Waals surface area contributed by atoms with Gasteiger partial charge in [0.25, 0.3) is 5.91 Å². The fraction of sp³-hybridized carbons (Fsp3) is 0.698. The van der Waals surface area contributed by atoms with Gasteiger partial charge < -0.3 is 21.3 Å². The highest BCUT2D eigenvalue weighted by Crippen LogP contribution is 2.61. The van der Waals surface area contributed by atoms with E-state index < -0.39 is 52.5 Å². The number of aliphatic hydroxyl groups is 2. The molecule has 1 aromatic rings. The van der Waals surface area contributed by atoms with Crippen LogP contribution in [0.1, 0.15) is 208 Å². The van der Waals surface area contributed by atoms with Gasteiger partial charge in [0, 0.05) is 6.04 Å². The van der Waals surface area contributed by atoms with Gasteiger partial charge in [-0.2, -0.15) is 0 Å². The highest BCUT2D eigenvalue weighted by molar-refractivity contribution is 5.95. The summed E-state index contributed by atoms with van der Waals surface area (Å²) in [5.74, 6) is -3.68. The van der Waals surface area contributed by atoms with Crippen molar-refractivity contribution in [2.24, 2.45) is 63.4 Å². The van der Waals surface area contributed by atoms with Gasteiger partial charge in [0.2, 0.25) is 0 Å². The molecule has 0 spiro atoms. The maximum atomic E-state index is 14.2. The molecule has 1 aromatic carbocycles. The molecule has 5 nitrogen and oxygen atoms in total. The second-order valence-corrected chi connectivity index (χ2v) is 26.3. The molecule has 402 valence electrons. The molecule has 6 aliphatic rings. The lowest BCUT2D eigenvalue weighted by Gasteiger charge is -2.44. The molecule has 6 fully saturated rings. The van der Waals surface area contributed by atoms with Gasteiger partial charge >= 0.3 is 0 Å². The average molecular weight is 1000 g/mol. The first-order valence-corrected chi connectivity index (χ1v) is 28.1. The monoisotopic (exact) mass is 1000 g/mol. The number of fused-ring (bicyclic) bond motifs is 2. The van der Waals surface area contributed by atoms with E-state index in [-0.39, 0.29) is 17.9 Å². The molecule has 6 saturated carbocycles. The Morgan fingerprint density at radius 3 is 1.81 bits per heavy atom. The van der Waals surface area contributed by atoms with Crippen LogP contribution in [0, 0.1) is 80.9 Å².